The van der Waals surface area contributed by atoms with Crippen molar-refractivity contribution in [2.45, 2.75) is 33.0 Å². The van der Waals surface area contributed by atoms with Gasteiger partial charge in [-0.25, -0.2) is 0 Å². The van der Waals surface area contributed by atoms with Crippen LogP contribution in [-0.2, 0) is 17.9 Å². The summed E-state index contributed by atoms with van der Waals surface area (Å²) in [5.74, 6) is 1.72. The van der Waals surface area contributed by atoms with E-state index < -0.39 is 0 Å². The molecule has 0 spiro atoms. The molecule has 2 aromatic carbocycles. The van der Waals surface area contributed by atoms with E-state index in [2.05, 4.69) is 34.9 Å². The minimum atomic E-state index is -0.105. The predicted octanol–water partition coefficient (Wildman–Crippen LogP) is 3.26. The fourth-order valence-electron chi connectivity index (χ4n) is 4.12. The monoisotopic (exact) mass is 425 g/mol. The molecule has 1 amide bonds. The number of hydrogen-bond acceptors (Lipinski definition) is 5. The number of benzene rings is 2. The zero-order chi connectivity index (χ0) is 22.2. The number of methoxy groups -OCH3 is 2. The van der Waals surface area contributed by atoms with Gasteiger partial charge in [-0.3, -0.25) is 14.6 Å². The summed E-state index contributed by atoms with van der Waals surface area (Å²) in [6.45, 7) is 10.0. The number of rotatable bonds is 9. The van der Waals surface area contributed by atoms with Crippen molar-refractivity contribution in [3.63, 3.8) is 0 Å². The van der Waals surface area contributed by atoms with E-state index in [1.54, 1.807) is 14.2 Å². The molecule has 1 aliphatic rings. The van der Waals surface area contributed by atoms with E-state index in [1.807, 2.05) is 42.2 Å². The van der Waals surface area contributed by atoms with Gasteiger partial charge in [-0.1, -0.05) is 36.4 Å². The summed E-state index contributed by atoms with van der Waals surface area (Å²) in [7, 11) is 3.31. The minimum absolute atomic E-state index is 0.105. The van der Waals surface area contributed by atoms with Crippen molar-refractivity contribution in [1.29, 1.82) is 0 Å². The van der Waals surface area contributed by atoms with Crippen molar-refractivity contribution >= 4 is 5.91 Å². The third-order valence-electron chi connectivity index (χ3n) is 6.08. The summed E-state index contributed by atoms with van der Waals surface area (Å²) in [5.41, 5.74) is 2.37. The van der Waals surface area contributed by atoms with Crippen LogP contribution in [0, 0.1) is 0 Å². The van der Waals surface area contributed by atoms with Crippen LogP contribution >= 0.6 is 0 Å². The number of piperazine rings is 1. The first-order valence-corrected chi connectivity index (χ1v) is 11.1. The molecule has 1 aliphatic heterocycles. The van der Waals surface area contributed by atoms with Gasteiger partial charge in [-0.15, -0.1) is 0 Å². The molecule has 1 fully saturated rings. The minimum Gasteiger partial charge on any atom is -0.493 e. The molecule has 3 rings (SSSR count). The first-order valence-electron chi connectivity index (χ1n) is 11.1. The van der Waals surface area contributed by atoms with E-state index in [9.17, 15) is 4.79 Å². The summed E-state index contributed by atoms with van der Waals surface area (Å²) >= 11 is 0. The lowest BCUT2D eigenvalue weighted by Gasteiger charge is -2.39. The summed E-state index contributed by atoms with van der Waals surface area (Å²) in [6.07, 6.45) is 0. The molecule has 0 saturated carbocycles. The van der Waals surface area contributed by atoms with Crippen LogP contribution < -0.4 is 9.47 Å². The predicted molar refractivity (Wildman–Crippen MR) is 123 cm³/mol. The smallest absolute Gasteiger partial charge is 0.239 e. The van der Waals surface area contributed by atoms with Crippen molar-refractivity contribution in [3.05, 3.63) is 59.7 Å². The average molecular weight is 426 g/mol. The maximum Gasteiger partial charge on any atom is 0.239 e. The lowest BCUT2D eigenvalue weighted by Crippen LogP contribution is -2.54. The molecular weight excluding hydrogens is 390 g/mol. The number of hydrogen-bond donors (Lipinski definition) is 0. The van der Waals surface area contributed by atoms with Crippen LogP contribution in [0.25, 0.3) is 0 Å². The van der Waals surface area contributed by atoms with Crippen molar-refractivity contribution in [1.82, 2.24) is 14.7 Å². The molecule has 31 heavy (non-hydrogen) atoms. The Balaban J connectivity index is 1.53. The van der Waals surface area contributed by atoms with Gasteiger partial charge >= 0.3 is 0 Å². The van der Waals surface area contributed by atoms with E-state index in [4.69, 9.17) is 9.47 Å². The van der Waals surface area contributed by atoms with Gasteiger partial charge in [0.1, 0.15) is 0 Å². The van der Waals surface area contributed by atoms with Gasteiger partial charge in [0, 0.05) is 45.8 Å². The van der Waals surface area contributed by atoms with Gasteiger partial charge < -0.3 is 14.4 Å². The third kappa shape index (κ3) is 5.99. The van der Waals surface area contributed by atoms with Crippen LogP contribution in [0.5, 0.6) is 11.5 Å². The number of carbonyl (C=O) groups excluding carboxylic acids is 1. The zero-order valence-electron chi connectivity index (χ0n) is 19.2. The highest BCUT2D eigenvalue weighted by Gasteiger charge is 2.28. The van der Waals surface area contributed by atoms with Gasteiger partial charge in [0.05, 0.1) is 20.3 Å². The Morgan fingerprint density at radius 1 is 0.968 bits per heavy atom. The Kier molecular flexibility index (Phi) is 8.32. The van der Waals surface area contributed by atoms with Gasteiger partial charge in [0.25, 0.3) is 0 Å². The van der Waals surface area contributed by atoms with Gasteiger partial charge in [0.15, 0.2) is 11.5 Å². The Morgan fingerprint density at radius 2 is 1.65 bits per heavy atom. The summed E-state index contributed by atoms with van der Waals surface area (Å²) in [6, 6.07) is 16.2. The molecule has 1 heterocycles. The zero-order valence-corrected chi connectivity index (χ0v) is 19.2. The third-order valence-corrected chi connectivity index (χ3v) is 6.08. The maximum absolute atomic E-state index is 13.1. The number of nitrogens with zero attached hydrogens (tertiary/aromatic N) is 3. The van der Waals surface area contributed by atoms with Gasteiger partial charge in [-0.2, -0.15) is 0 Å². The Labute approximate surface area is 186 Å². The average Bonchev–Trinajstić information content (AvgIpc) is 2.82. The van der Waals surface area contributed by atoms with Crippen LogP contribution in [0.2, 0.25) is 0 Å². The fraction of sp³-hybridized carbons (Fsp3) is 0.480. The molecule has 0 N–H and O–H groups in total. The highest BCUT2D eigenvalue weighted by atomic mass is 16.5. The first-order chi connectivity index (χ1) is 15.0. The van der Waals surface area contributed by atoms with E-state index in [0.717, 1.165) is 50.8 Å². The number of carbonyl (C=O) groups is 1. The van der Waals surface area contributed by atoms with Gasteiger partial charge in [-0.05, 0) is 37.1 Å². The van der Waals surface area contributed by atoms with E-state index in [-0.39, 0.29) is 11.9 Å². The Hall–Kier alpha value is -2.57. The quantitative estimate of drug-likeness (QED) is 0.617. The highest BCUT2D eigenvalue weighted by molar-refractivity contribution is 5.81. The summed E-state index contributed by atoms with van der Waals surface area (Å²) < 4.78 is 10.8. The molecule has 6 nitrogen and oxygen atoms in total. The molecule has 1 saturated heterocycles. The van der Waals surface area contributed by atoms with Crippen LogP contribution in [0.1, 0.15) is 25.0 Å². The molecule has 0 radical (unpaired) electrons. The van der Waals surface area contributed by atoms with Crippen LogP contribution in [0.15, 0.2) is 48.5 Å². The molecule has 0 unspecified atom stereocenters. The second kappa shape index (κ2) is 11.2. The second-order valence-corrected chi connectivity index (χ2v) is 8.02. The second-order valence-electron chi connectivity index (χ2n) is 8.02. The number of ether oxygens (including phenoxy) is 2. The summed E-state index contributed by atoms with van der Waals surface area (Å²) in [4.78, 5) is 19.8. The standard InChI is InChI=1S/C25H35N3O3/c1-5-27(19-21-9-7-6-8-10-21)25(29)20(2)28-15-13-26(14-16-28)18-22-11-12-23(30-3)24(17-22)31-4/h6-12,17,20H,5,13-16,18-19H2,1-4H3/t20-/m1/s1. The summed E-state index contributed by atoms with van der Waals surface area (Å²) in [5, 5.41) is 0. The highest BCUT2D eigenvalue weighted by Crippen LogP contribution is 2.28. The Morgan fingerprint density at radius 3 is 2.26 bits per heavy atom. The normalized spacial score (nSPS) is 16.0. The van der Waals surface area contributed by atoms with Crippen molar-refractivity contribution in [2.75, 3.05) is 46.9 Å². The molecule has 6 heteroatoms. The molecular formula is C25H35N3O3. The lowest BCUT2D eigenvalue weighted by atomic mass is 10.1. The SMILES string of the molecule is CCN(Cc1ccccc1)C(=O)[C@@H](C)N1CCN(Cc2ccc(OC)c(OC)c2)CC1. The maximum atomic E-state index is 13.1. The topological polar surface area (TPSA) is 45.3 Å². The lowest BCUT2D eigenvalue weighted by molar-refractivity contribution is -0.137. The van der Waals surface area contributed by atoms with Crippen LogP contribution in [0.4, 0.5) is 0 Å². The van der Waals surface area contributed by atoms with Crippen molar-refractivity contribution in [2.24, 2.45) is 0 Å². The molecule has 0 aromatic heterocycles. The van der Waals surface area contributed by atoms with Crippen molar-refractivity contribution < 1.29 is 14.3 Å². The van der Waals surface area contributed by atoms with Gasteiger partial charge in [0.2, 0.25) is 5.91 Å². The molecule has 2 aromatic rings. The van der Waals surface area contributed by atoms with E-state index >= 15 is 0 Å². The fourth-order valence-corrected chi connectivity index (χ4v) is 4.12. The molecule has 1 atom stereocenters. The van der Waals surface area contributed by atoms with E-state index in [1.165, 1.54) is 11.1 Å². The molecule has 0 aliphatic carbocycles. The van der Waals surface area contributed by atoms with Crippen LogP contribution in [-0.4, -0.2) is 73.6 Å². The Bertz CT molecular complexity index is 835. The molecule has 0 bridgehead atoms. The first kappa shape index (κ1) is 23.1. The van der Waals surface area contributed by atoms with Crippen LogP contribution in [0.3, 0.4) is 0 Å². The number of likely N-dealkylation sites (N-methyl/N-ethyl adjacent to an activating group) is 1. The number of amides is 1. The van der Waals surface area contributed by atoms with E-state index in [0.29, 0.717) is 6.54 Å². The van der Waals surface area contributed by atoms with Crippen molar-refractivity contribution in [3.8, 4) is 11.5 Å². The molecule has 168 valence electrons. The largest absolute Gasteiger partial charge is 0.493 e.